The highest BCUT2D eigenvalue weighted by Gasteiger charge is 2.35. The van der Waals surface area contributed by atoms with E-state index in [1.165, 1.54) is 0 Å². The predicted octanol–water partition coefficient (Wildman–Crippen LogP) is -3.19. The summed E-state index contributed by atoms with van der Waals surface area (Å²) in [5.74, 6) is -6.84. The number of Topliss-reactive ketones (excluding diaryl/α,β-unsaturated/α-hetero) is 1. The highest BCUT2D eigenvalue weighted by atomic mass is 16.4. The van der Waals surface area contributed by atoms with Crippen molar-refractivity contribution in [2.75, 3.05) is 6.61 Å². The van der Waals surface area contributed by atoms with Crippen LogP contribution in [0.2, 0.25) is 0 Å². The molecule has 3 atom stereocenters. The zero-order chi connectivity index (χ0) is 14.5. The van der Waals surface area contributed by atoms with Gasteiger partial charge in [0.2, 0.25) is 0 Å². The predicted molar refractivity (Wildman–Crippen MR) is 53.5 cm³/mol. The van der Waals surface area contributed by atoms with E-state index in [0.29, 0.717) is 0 Å². The fourth-order valence-electron chi connectivity index (χ4n) is 1.11. The van der Waals surface area contributed by atoms with Crippen LogP contribution in [-0.2, 0) is 14.4 Å². The summed E-state index contributed by atoms with van der Waals surface area (Å²) in [4.78, 5) is 32.3. The summed E-state index contributed by atoms with van der Waals surface area (Å²) in [5, 5.41) is 52.8. The van der Waals surface area contributed by atoms with Gasteiger partial charge in [0.25, 0.3) is 0 Å². The normalized spacial score (nSPS) is 16.1. The van der Waals surface area contributed by atoms with Crippen LogP contribution >= 0.6 is 0 Å². The Balaban J connectivity index is 4.65. The number of carboxylic acid groups (broad SMARTS) is 2. The summed E-state index contributed by atoms with van der Waals surface area (Å²) in [6, 6.07) is 0. The Morgan fingerprint density at radius 2 is 1.39 bits per heavy atom. The molecule has 0 aromatic rings. The van der Waals surface area contributed by atoms with E-state index in [2.05, 4.69) is 0 Å². The van der Waals surface area contributed by atoms with Crippen molar-refractivity contribution in [2.45, 2.75) is 24.7 Å². The number of hydrogen-bond acceptors (Lipinski definition) is 7. The van der Waals surface area contributed by atoms with Gasteiger partial charge >= 0.3 is 11.9 Å². The van der Waals surface area contributed by atoms with Crippen molar-refractivity contribution in [1.29, 1.82) is 0 Å². The van der Waals surface area contributed by atoms with Crippen LogP contribution in [0.5, 0.6) is 0 Å². The van der Waals surface area contributed by atoms with Crippen LogP contribution in [0.25, 0.3) is 0 Å². The van der Waals surface area contributed by atoms with Crippen molar-refractivity contribution in [2.24, 2.45) is 5.92 Å². The number of carbonyl (C=O) groups excluding carboxylic acids is 1. The average molecular weight is 266 g/mol. The standard InChI is InChI=1S/C9H14O9/c10-2-5(12)7(14)6(13)4(11)1-3(8(15)16)9(17)18/h3,5-7,10,12-14H,1-2H2,(H,15,16)(H,17,18)/t5-,6-,7-/m1/s1. The number of aliphatic hydroxyl groups is 4. The topological polar surface area (TPSA) is 173 Å². The fraction of sp³-hybridized carbons (Fsp3) is 0.667. The lowest BCUT2D eigenvalue weighted by molar-refractivity contribution is -0.158. The highest BCUT2D eigenvalue weighted by molar-refractivity contribution is 5.98. The molecule has 0 bridgehead atoms. The summed E-state index contributed by atoms with van der Waals surface area (Å²) >= 11 is 0. The van der Waals surface area contributed by atoms with Crippen molar-refractivity contribution >= 4 is 17.7 Å². The molecule has 0 aliphatic carbocycles. The minimum Gasteiger partial charge on any atom is -0.481 e. The smallest absolute Gasteiger partial charge is 0.318 e. The Labute approximate surface area is 101 Å². The molecule has 0 aromatic heterocycles. The number of aliphatic hydroxyl groups excluding tert-OH is 4. The van der Waals surface area contributed by atoms with Gasteiger partial charge in [-0.05, 0) is 0 Å². The van der Waals surface area contributed by atoms with Gasteiger partial charge in [0, 0.05) is 6.42 Å². The van der Waals surface area contributed by atoms with Gasteiger partial charge in [-0.1, -0.05) is 0 Å². The second-order valence-corrected chi connectivity index (χ2v) is 3.58. The van der Waals surface area contributed by atoms with Gasteiger partial charge in [-0.3, -0.25) is 14.4 Å². The Hall–Kier alpha value is -1.55. The molecular formula is C9H14O9. The number of carbonyl (C=O) groups is 3. The molecule has 18 heavy (non-hydrogen) atoms. The van der Waals surface area contributed by atoms with Crippen LogP contribution in [0.3, 0.4) is 0 Å². The van der Waals surface area contributed by atoms with E-state index in [9.17, 15) is 24.6 Å². The summed E-state index contributed by atoms with van der Waals surface area (Å²) in [5.41, 5.74) is 0. The Bertz CT molecular complexity index is 312. The highest BCUT2D eigenvalue weighted by Crippen LogP contribution is 2.10. The zero-order valence-electron chi connectivity index (χ0n) is 9.13. The zero-order valence-corrected chi connectivity index (χ0v) is 9.13. The lowest BCUT2D eigenvalue weighted by atomic mass is 9.96. The quantitative estimate of drug-likeness (QED) is 0.247. The number of hydrogen-bond donors (Lipinski definition) is 6. The monoisotopic (exact) mass is 266 g/mol. The molecule has 0 unspecified atom stereocenters. The van der Waals surface area contributed by atoms with Crippen LogP contribution in [0, 0.1) is 5.92 Å². The number of rotatable bonds is 8. The molecule has 0 aliphatic heterocycles. The minimum atomic E-state index is -2.17. The van der Waals surface area contributed by atoms with Gasteiger partial charge in [-0.2, -0.15) is 0 Å². The molecule has 0 fully saturated rings. The molecule has 0 radical (unpaired) electrons. The molecule has 9 heteroatoms. The number of carboxylic acids is 2. The molecule has 0 amide bonds. The summed E-state index contributed by atoms with van der Waals surface area (Å²) in [7, 11) is 0. The molecule has 0 aliphatic rings. The van der Waals surface area contributed by atoms with E-state index in [0.717, 1.165) is 0 Å². The average Bonchev–Trinajstić information content (AvgIpc) is 2.31. The van der Waals surface area contributed by atoms with E-state index in [4.69, 9.17) is 20.4 Å². The van der Waals surface area contributed by atoms with Crippen molar-refractivity contribution in [3.05, 3.63) is 0 Å². The van der Waals surface area contributed by atoms with Gasteiger partial charge in [-0.25, -0.2) is 0 Å². The van der Waals surface area contributed by atoms with E-state index in [1.54, 1.807) is 0 Å². The van der Waals surface area contributed by atoms with Crippen LogP contribution in [-0.4, -0.2) is 73.3 Å². The maximum absolute atomic E-state index is 11.3. The van der Waals surface area contributed by atoms with Gasteiger partial charge in [-0.15, -0.1) is 0 Å². The summed E-state index contributed by atoms with van der Waals surface area (Å²) < 4.78 is 0. The van der Waals surface area contributed by atoms with Crippen molar-refractivity contribution in [3.8, 4) is 0 Å². The fourth-order valence-corrected chi connectivity index (χ4v) is 1.11. The third-order valence-electron chi connectivity index (χ3n) is 2.24. The second kappa shape index (κ2) is 7.01. The van der Waals surface area contributed by atoms with Gasteiger partial charge < -0.3 is 30.6 Å². The van der Waals surface area contributed by atoms with Crippen molar-refractivity contribution < 1.29 is 45.0 Å². The maximum atomic E-state index is 11.3. The molecule has 0 rings (SSSR count). The third kappa shape index (κ3) is 4.37. The third-order valence-corrected chi connectivity index (χ3v) is 2.24. The number of aliphatic carboxylic acids is 2. The SMILES string of the molecule is O=C(O)C(CC(=O)[C@@H](O)[C@H](O)[C@H](O)CO)C(=O)O. The first-order valence-corrected chi connectivity index (χ1v) is 4.85. The van der Waals surface area contributed by atoms with E-state index < -0.39 is 55.0 Å². The molecule has 0 saturated heterocycles. The molecule has 0 aromatic carbocycles. The largest absolute Gasteiger partial charge is 0.481 e. The molecule has 6 N–H and O–H groups in total. The summed E-state index contributed by atoms with van der Waals surface area (Å²) in [6.07, 6.45) is -7.03. The molecule has 104 valence electrons. The van der Waals surface area contributed by atoms with Gasteiger partial charge in [0.1, 0.15) is 18.3 Å². The molecule has 0 heterocycles. The Morgan fingerprint density at radius 1 is 0.944 bits per heavy atom. The summed E-state index contributed by atoms with van der Waals surface area (Å²) in [6.45, 7) is -0.924. The minimum absolute atomic E-state index is 0.924. The lowest BCUT2D eigenvalue weighted by Gasteiger charge is -2.20. The van der Waals surface area contributed by atoms with E-state index in [-0.39, 0.29) is 0 Å². The molecular weight excluding hydrogens is 252 g/mol. The van der Waals surface area contributed by atoms with Crippen LogP contribution in [0.4, 0.5) is 0 Å². The Morgan fingerprint density at radius 3 is 1.72 bits per heavy atom. The van der Waals surface area contributed by atoms with Crippen LogP contribution < -0.4 is 0 Å². The lowest BCUT2D eigenvalue weighted by Crippen LogP contribution is -2.45. The first-order valence-electron chi connectivity index (χ1n) is 4.85. The van der Waals surface area contributed by atoms with E-state index >= 15 is 0 Å². The first-order chi connectivity index (χ1) is 8.22. The maximum Gasteiger partial charge on any atom is 0.318 e. The molecule has 0 spiro atoms. The van der Waals surface area contributed by atoms with Crippen LogP contribution in [0.15, 0.2) is 0 Å². The first kappa shape index (κ1) is 16.4. The van der Waals surface area contributed by atoms with E-state index in [1.807, 2.05) is 0 Å². The van der Waals surface area contributed by atoms with Gasteiger partial charge in [0.05, 0.1) is 6.61 Å². The Kier molecular flexibility index (Phi) is 6.41. The molecule has 9 nitrogen and oxygen atoms in total. The van der Waals surface area contributed by atoms with Crippen molar-refractivity contribution in [3.63, 3.8) is 0 Å². The van der Waals surface area contributed by atoms with Gasteiger partial charge in [0.15, 0.2) is 11.7 Å². The molecule has 0 saturated carbocycles. The van der Waals surface area contributed by atoms with Crippen LogP contribution in [0.1, 0.15) is 6.42 Å². The van der Waals surface area contributed by atoms with Crippen molar-refractivity contribution in [1.82, 2.24) is 0 Å². The second-order valence-electron chi connectivity index (χ2n) is 3.58. The number of ketones is 1.